The first kappa shape index (κ1) is 13.5. The van der Waals surface area contributed by atoms with Crippen LogP contribution in [0.2, 0.25) is 0 Å². The van der Waals surface area contributed by atoms with Crippen molar-refractivity contribution in [2.24, 2.45) is 0 Å². The van der Waals surface area contributed by atoms with Gasteiger partial charge in [-0.3, -0.25) is 9.80 Å². The monoisotopic (exact) mass is 262 g/mol. The molecule has 0 radical (unpaired) electrons. The van der Waals surface area contributed by atoms with Crippen molar-refractivity contribution in [3.63, 3.8) is 0 Å². The molecule has 0 unspecified atom stereocenters. The van der Waals surface area contributed by atoms with Crippen LogP contribution in [0.1, 0.15) is 0 Å². The van der Waals surface area contributed by atoms with Gasteiger partial charge in [0.2, 0.25) is 0 Å². The van der Waals surface area contributed by atoms with Gasteiger partial charge in [-0.25, -0.2) is 9.97 Å². The SMILES string of the molecule is CN(C#N)c1cc(NCCN2CCOCC2)ncn1. The predicted molar refractivity (Wildman–Crippen MR) is 71.8 cm³/mol. The van der Waals surface area contributed by atoms with Gasteiger partial charge in [0.1, 0.15) is 18.0 Å². The van der Waals surface area contributed by atoms with E-state index in [9.17, 15) is 0 Å². The lowest BCUT2D eigenvalue weighted by Crippen LogP contribution is -2.39. The van der Waals surface area contributed by atoms with Crippen molar-refractivity contribution in [1.82, 2.24) is 14.9 Å². The first-order valence-electron chi connectivity index (χ1n) is 6.29. The van der Waals surface area contributed by atoms with E-state index in [1.54, 1.807) is 13.1 Å². The highest BCUT2D eigenvalue weighted by Gasteiger charge is 2.09. The Kier molecular flexibility index (Phi) is 4.89. The Balaban J connectivity index is 1.80. The zero-order chi connectivity index (χ0) is 13.5. The number of hydrogen-bond acceptors (Lipinski definition) is 7. The van der Waals surface area contributed by atoms with Crippen LogP contribution in [0.3, 0.4) is 0 Å². The number of nitrogens with zero attached hydrogens (tertiary/aromatic N) is 5. The number of rotatable bonds is 5. The maximum atomic E-state index is 8.80. The summed E-state index contributed by atoms with van der Waals surface area (Å²) in [5.41, 5.74) is 0. The Hall–Kier alpha value is -1.91. The van der Waals surface area contributed by atoms with Gasteiger partial charge in [-0.05, 0) is 0 Å². The molecule has 1 aromatic heterocycles. The third-order valence-electron chi connectivity index (χ3n) is 2.98. The maximum absolute atomic E-state index is 8.80. The molecule has 2 heterocycles. The molecule has 0 aliphatic carbocycles. The summed E-state index contributed by atoms with van der Waals surface area (Å²) >= 11 is 0. The molecule has 1 N–H and O–H groups in total. The Morgan fingerprint density at radius 2 is 2.26 bits per heavy atom. The summed E-state index contributed by atoms with van der Waals surface area (Å²) < 4.78 is 5.30. The average Bonchev–Trinajstić information content (AvgIpc) is 2.48. The lowest BCUT2D eigenvalue weighted by Gasteiger charge is -2.26. The molecule has 0 bridgehead atoms. The van der Waals surface area contributed by atoms with E-state index in [1.807, 2.05) is 6.19 Å². The second kappa shape index (κ2) is 6.87. The van der Waals surface area contributed by atoms with Crippen LogP contribution in [0.5, 0.6) is 0 Å². The summed E-state index contributed by atoms with van der Waals surface area (Å²) in [4.78, 5) is 11.9. The van der Waals surface area contributed by atoms with Gasteiger partial charge in [0.15, 0.2) is 6.19 Å². The second-order valence-corrected chi connectivity index (χ2v) is 4.30. The van der Waals surface area contributed by atoms with Crippen LogP contribution in [0.25, 0.3) is 0 Å². The van der Waals surface area contributed by atoms with Crippen LogP contribution in [-0.4, -0.2) is 61.3 Å². The summed E-state index contributed by atoms with van der Waals surface area (Å²) in [6.45, 7) is 5.35. The van der Waals surface area contributed by atoms with Gasteiger partial charge in [0.05, 0.1) is 13.2 Å². The van der Waals surface area contributed by atoms with E-state index in [-0.39, 0.29) is 0 Å². The van der Waals surface area contributed by atoms with Crippen molar-refractivity contribution in [2.75, 3.05) is 56.7 Å². The molecule has 0 atom stereocenters. The van der Waals surface area contributed by atoms with Gasteiger partial charge in [-0.2, -0.15) is 5.26 Å². The normalized spacial score (nSPS) is 15.8. The van der Waals surface area contributed by atoms with Crippen molar-refractivity contribution in [2.45, 2.75) is 0 Å². The number of ether oxygens (including phenoxy) is 1. The van der Waals surface area contributed by atoms with E-state index in [1.165, 1.54) is 11.2 Å². The summed E-state index contributed by atoms with van der Waals surface area (Å²) in [5.74, 6) is 1.33. The third-order valence-corrected chi connectivity index (χ3v) is 2.98. The summed E-state index contributed by atoms with van der Waals surface area (Å²) in [5, 5.41) is 12.0. The van der Waals surface area contributed by atoms with Crippen LogP contribution < -0.4 is 10.2 Å². The fourth-order valence-electron chi connectivity index (χ4n) is 1.85. The molecule has 1 fully saturated rings. The highest BCUT2D eigenvalue weighted by molar-refractivity contribution is 5.50. The zero-order valence-corrected chi connectivity index (χ0v) is 11.0. The number of nitriles is 1. The van der Waals surface area contributed by atoms with E-state index >= 15 is 0 Å². The molecule has 19 heavy (non-hydrogen) atoms. The van der Waals surface area contributed by atoms with E-state index in [0.717, 1.165) is 45.2 Å². The van der Waals surface area contributed by atoms with Gasteiger partial charge >= 0.3 is 0 Å². The molecule has 102 valence electrons. The first-order valence-corrected chi connectivity index (χ1v) is 6.29. The number of hydrogen-bond donors (Lipinski definition) is 1. The largest absolute Gasteiger partial charge is 0.379 e. The molecule has 0 spiro atoms. The first-order chi connectivity index (χ1) is 9.29. The minimum atomic E-state index is 0.589. The van der Waals surface area contributed by atoms with Crippen LogP contribution in [-0.2, 0) is 4.74 Å². The summed E-state index contributed by atoms with van der Waals surface area (Å²) in [6.07, 6.45) is 3.47. The molecular weight excluding hydrogens is 244 g/mol. The Morgan fingerprint density at radius 3 is 3.00 bits per heavy atom. The summed E-state index contributed by atoms with van der Waals surface area (Å²) in [6, 6.07) is 1.77. The van der Waals surface area contributed by atoms with Crippen molar-refractivity contribution >= 4 is 11.6 Å². The van der Waals surface area contributed by atoms with Gasteiger partial charge < -0.3 is 10.1 Å². The fourth-order valence-corrected chi connectivity index (χ4v) is 1.85. The molecule has 0 aromatic carbocycles. The van der Waals surface area contributed by atoms with Gasteiger partial charge in [0.25, 0.3) is 0 Å². The molecule has 1 aliphatic rings. The topological polar surface area (TPSA) is 77.3 Å². The van der Waals surface area contributed by atoms with E-state index in [2.05, 4.69) is 20.2 Å². The van der Waals surface area contributed by atoms with E-state index < -0.39 is 0 Å². The molecule has 0 amide bonds. The van der Waals surface area contributed by atoms with Crippen molar-refractivity contribution in [3.05, 3.63) is 12.4 Å². The van der Waals surface area contributed by atoms with Crippen molar-refractivity contribution in [1.29, 1.82) is 5.26 Å². The lowest BCUT2D eigenvalue weighted by atomic mass is 10.4. The standard InChI is InChI=1S/C12H18N6O/c1-17(9-13)12-8-11(15-10-16-12)14-2-3-18-4-6-19-7-5-18/h8,10H,2-7H2,1H3,(H,14,15,16). The smallest absolute Gasteiger partial charge is 0.185 e. The lowest BCUT2D eigenvalue weighted by molar-refractivity contribution is 0.0398. The molecule has 7 heteroatoms. The van der Waals surface area contributed by atoms with Crippen molar-refractivity contribution in [3.8, 4) is 6.19 Å². The van der Waals surface area contributed by atoms with Crippen LogP contribution in [0.15, 0.2) is 12.4 Å². The Bertz CT molecular complexity index is 440. The molecule has 0 saturated carbocycles. The molecule has 2 rings (SSSR count). The maximum Gasteiger partial charge on any atom is 0.185 e. The van der Waals surface area contributed by atoms with Gasteiger partial charge in [0, 0.05) is 39.3 Å². The molecule has 1 saturated heterocycles. The summed E-state index contributed by atoms with van der Waals surface area (Å²) in [7, 11) is 1.67. The van der Waals surface area contributed by atoms with Crippen LogP contribution >= 0.6 is 0 Å². The predicted octanol–water partition coefficient (Wildman–Crippen LogP) is 0.138. The number of morpholine rings is 1. The number of nitrogens with one attached hydrogen (secondary N) is 1. The number of anilines is 2. The number of aromatic nitrogens is 2. The van der Waals surface area contributed by atoms with Crippen molar-refractivity contribution < 1.29 is 4.74 Å². The highest BCUT2D eigenvalue weighted by Crippen LogP contribution is 2.11. The molecule has 7 nitrogen and oxygen atoms in total. The van der Waals surface area contributed by atoms with E-state index in [0.29, 0.717) is 5.82 Å². The average molecular weight is 262 g/mol. The Morgan fingerprint density at radius 1 is 1.47 bits per heavy atom. The quantitative estimate of drug-likeness (QED) is 0.597. The highest BCUT2D eigenvalue weighted by atomic mass is 16.5. The third kappa shape index (κ3) is 4.05. The minimum absolute atomic E-state index is 0.589. The molecular formula is C12H18N6O. The minimum Gasteiger partial charge on any atom is -0.379 e. The molecule has 1 aromatic rings. The zero-order valence-electron chi connectivity index (χ0n) is 11.0. The fraction of sp³-hybridized carbons (Fsp3) is 0.583. The van der Waals surface area contributed by atoms with Crippen LogP contribution in [0.4, 0.5) is 11.6 Å². The van der Waals surface area contributed by atoms with Gasteiger partial charge in [-0.1, -0.05) is 0 Å². The van der Waals surface area contributed by atoms with E-state index in [4.69, 9.17) is 10.00 Å². The van der Waals surface area contributed by atoms with Crippen LogP contribution in [0, 0.1) is 11.5 Å². The molecule has 1 aliphatic heterocycles. The van der Waals surface area contributed by atoms with Gasteiger partial charge in [-0.15, -0.1) is 0 Å². The Labute approximate surface area is 112 Å². The second-order valence-electron chi connectivity index (χ2n) is 4.30.